The van der Waals surface area contributed by atoms with Crippen molar-refractivity contribution in [2.24, 2.45) is 5.92 Å². The van der Waals surface area contributed by atoms with Crippen LogP contribution in [0, 0.1) is 12.8 Å². The fourth-order valence-corrected chi connectivity index (χ4v) is 3.60. The number of ether oxygens (including phenoxy) is 2. The van der Waals surface area contributed by atoms with Gasteiger partial charge in [0, 0.05) is 37.3 Å². The van der Waals surface area contributed by atoms with Crippen molar-refractivity contribution in [1.29, 1.82) is 0 Å². The summed E-state index contributed by atoms with van der Waals surface area (Å²) in [7, 11) is 0. The highest BCUT2D eigenvalue weighted by Gasteiger charge is 2.29. The van der Waals surface area contributed by atoms with Gasteiger partial charge in [-0.2, -0.15) is 0 Å². The zero-order valence-electron chi connectivity index (χ0n) is 17.8. The quantitative estimate of drug-likeness (QED) is 0.639. The van der Waals surface area contributed by atoms with Crippen LogP contribution in [0.2, 0.25) is 0 Å². The molecule has 31 heavy (non-hydrogen) atoms. The molecule has 4 rings (SSSR count). The molecule has 8 heteroatoms. The molecule has 1 saturated heterocycles. The SMILES string of the molecule is Cc1ccc(C(CNC(=O)COc2cccc(NC(=O)C3CC3)c2)N2CCOCC2)o1. The van der Waals surface area contributed by atoms with Crippen LogP contribution in [0.25, 0.3) is 0 Å². The van der Waals surface area contributed by atoms with Crippen molar-refractivity contribution in [1.82, 2.24) is 10.2 Å². The summed E-state index contributed by atoms with van der Waals surface area (Å²) in [4.78, 5) is 26.6. The van der Waals surface area contributed by atoms with E-state index in [4.69, 9.17) is 13.9 Å². The van der Waals surface area contributed by atoms with Gasteiger partial charge in [0.25, 0.3) is 5.91 Å². The van der Waals surface area contributed by atoms with Crippen LogP contribution in [-0.4, -0.2) is 56.2 Å². The van der Waals surface area contributed by atoms with Crippen LogP contribution in [0.1, 0.15) is 30.4 Å². The molecule has 2 fully saturated rings. The Morgan fingerprint density at radius 2 is 2.00 bits per heavy atom. The van der Waals surface area contributed by atoms with Crippen molar-refractivity contribution in [3.63, 3.8) is 0 Å². The number of benzene rings is 1. The summed E-state index contributed by atoms with van der Waals surface area (Å²) in [6.07, 6.45) is 1.90. The second-order valence-corrected chi connectivity index (χ2v) is 8.00. The van der Waals surface area contributed by atoms with Crippen molar-refractivity contribution >= 4 is 17.5 Å². The van der Waals surface area contributed by atoms with E-state index < -0.39 is 0 Å². The van der Waals surface area contributed by atoms with Crippen molar-refractivity contribution in [2.45, 2.75) is 25.8 Å². The van der Waals surface area contributed by atoms with E-state index >= 15 is 0 Å². The smallest absolute Gasteiger partial charge is 0.258 e. The Labute approximate surface area is 181 Å². The lowest BCUT2D eigenvalue weighted by atomic mass is 10.1. The summed E-state index contributed by atoms with van der Waals surface area (Å²) in [6, 6.07) is 10.9. The first-order chi connectivity index (χ1) is 15.1. The number of nitrogens with one attached hydrogen (secondary N) is 2. The number of carbonyl (C=O) groups is 2. The number of nitrogens with zero attached hydrogens (tertiary/aromatic N) is 1. The van der Waals surface area contributed by atoms with Crippen LogP contribution in [0.3, 0.4) is 0 Å². The molecule has 1 aliphatic heterocycles. The zero-order valence-corrected chi connectivity index (χ0v) is 17.8. The lowest BCUT2D eigenvalue weighted by molar-refractivity contribution is -0.123. The molecule has 0 radical (unpaired) electrons. The van der Waals surface area contributed by atoms with Crippen molar-refractivity contribution in [3.05, 3.63) is 47.9 Å². The summed E-state index contributed by atoms with van der Waals surface area (Å²) in [5.41, 5.74) is 0.676. The third kappa shape index (κ3) is 6.08. The minimum Gasteiger partial charge on any atom is -0.484 e. The molecule has 2 N–H and O–H groups in total. The molecule has 2 aliphatic rings. The highest BCUT2D eigenvalue weighted by atomic mass is 16.5. The molecule has 1 atom stereocenters. The van der Waals surface area contributed by atoms with E-state index in [1.165, 1.54) is 0 Å². The predicted octanol–water partition coefficient (Wildman–Crippen LogP) is 2.51. The van der Waals surface area contributed by atoms with Gasteiger partial charge in [-0.25, -0.2) is 0 Å². The van der Waals surface area contributed by atoms with Crippen molar-refractivity contribution < 1.29 is 23.5 Å². The first kappa shape index (κ1) is 21.4. The second-order valence-electron chi connectivity index (χ2n) is 8.00. The number of furan rings is 1. The highest BCUT2D eigenvalue weighted by Crippen LogP contribution is 2.30. The summed E-state index contributed by atoms with van der Waals surface area (Å²) < 4.78 is 16.9. The van der Waals surface area contributed by atoms with Crippen molar-refractivity contribution in [3.8, 4) is 5.75 Å². The maximum Gasteiger partial charge on any atom is 0.258 e. The third-order valence-corrected chi connectivity index (χ3v) is 5.49. The van der Waals surface area contributed by atoms with Gasteiger partial charge in [0.1, 0.15) is 17.3 Å². The molecule has 166 valence electrons. The molecule has 1 saturated carbocycles. The Bertz CT molecular complexity index is 902. The van der Waals surface area contributed by atoms with Gasteiger partial charge in [0.05, 0.1) is 19.3 Å². The average Bonchev–Trinajstić information content (AvgIpc) is 3.55. The van der Waals surface area contributed by atoms with Crippen LogP contribution < -0.4 is 15.4 Å². The minimum atomic E-state index is -0.214. The molecule has 1 aromatic heterocycles. The molecule has 1 aliphatic carbocycles. The standard InChI is InChI=1S/C23H29N3O5/c1-16-5-8-21(31-16)20(26-9-11-29-12-10-26)14-24-22(27)15-30-19-4-2-3-18(13-19)25-23(28)17-6-7-17/h2-5,8,13,17,20H,6-7,9-12,14-15H2,1H3,(H,24,27)(H,25,28). The average molecular weight is 428 g/mol. The fraction of sp³-hybridized carbons (Fsp3) is 0.478. The first-order valence-corrected chi connectivity index (χ1v) is 10.8. The Morgan fingerprint density at radius 3 is 2.71 bits per heavy atom. The van der Waals surface area contributed by atoms with Gasteiger partial charge in [-0.05, 0) is 44.0 Å². The second kappa shape index (κ2) is 9.98. The summed E-state index contributed by atoms with van der Waals surface area (Å²) >= 11 is 0. The number of rotatable bonds is 9. The largest absolute Gasteiger partial charge is 0.484 e. The Kier molecular flexibility index (Phi) is 6.89. The number of morpholine rings is 1. The highest BCUT2D eigenvalue weighted by molar-refractivity contribution is 5.94. The van der Waals surface area contributed by atoms with Crippen LogP contribution in [-0.2, 0) is 14.3 Å². The number of hydrogen-bond donors (Lipinski definition) is 2. The molecule has 2 heterocycles. The third-order valence-electron chi connectivity index (χ3n) is 5.49. The fourth-order valence-electron chi connectivity index (χ4n) is 3.60. The number of hydrogen-bond acceptors (Lipinski definition) is 6. The van der Waals surface area contributed by atoms with Crippen LogP contribution in [0.15, 0.2) is 40.8 Å². The summed E-state index contributed by atoms with van der Waals surface area (Å²) in [5, 5.41) is 5.83. The van der Waals surface area contributed by atoms with Crippen molar-refractivity contribution in [2.75, 3.05) is 44.8 Å². The van der Waals surface area contributed by atoms with E-state index in [2.05, 4.69) is 15.5 Å². The molecule has 0 bridgehead atoms. The number of carbonyl (C=O) groups excluding carboxylic acids is 2. The molecule has 2 amide bonds. The molecular weight excluding hydrogens is 398 g/mol. The summed E-state index contributed by atoms with van der Waals surface area (Å²) in [6.45, 7) is 5.14. The van der Waals surface area contributed by atoms with Gasteiger partial charge >= 0.3 is 0 Å². The Balaban J connectivity index is 1.28. The first-order valence-electron chi connectivity index (χ1n) is 10.8. The van der Waals surface area contributed by atoms with Gasteiger partial charge in [-0.3, -0.25) is 14.5 Å². The normalized spacial score (nSPS) is 17.7. The van der Waals surface area contributed by atoms with E-state index in [0.717, 1.165) is 37.5 Å². The molecule has 8 nitrogen and oxygen atoms in total. The summed E-state index contributed by atoms with van der Waals surface area (Å²) in [5.74, 6) is 2.17. The van der Waals surface area contributed by atoms with Gasteiger partial charge in [0.2, 0.25) is 5.91 Å². The monoisotopic (exact) mass is 427 g/mol. The maximum atomic E-state index is 12.4. The number of aryl methyl sites for hydroxylation is 1. The van der Waals surface area contributed by atoms with Gasteiger partial charge in [-0.1, -0.05) is 6.07 Å². The molecule has 0 spiro atoms. The van der Waals surface area contributed by atoms with E-state index in [0.29, 0.717) is 31.2 Å². The lowest BCUT2D eigenvalue weighted by Gasteiger charge is -2.33. The van der Waals surface area contributed by atoms with E-state index in [1.54, 1.807) is 18.2 Å². The maximum absolute atomic E-state index is 12.4. The Morgan fingerprint density at radius 1 is 1.19 bits per heavy atom. The number of anilines is 1. The zero-order chi connectivity index (χ0) is 21.6. The number of amides is 2. The van der Waals surface area contributed by atoms with E-state index in [-0.39, 0.29) is 30.4 Å². The molecule has 1 aromatic carbocycles. The van der Waals surface area contributed by atoms with E-state index in [1.807, 2.05) is 25.1 Å². The molecule has 1 unspecified atom stereocenters. The predicted molar refractivity (Wildman–Crippen MR) is 115 cm³/mol. The molecular formula is C23H29N3O5. The van der Waals surface area contributed by atoms with Crippen LogP contribution in [0.4, 0.5) is 5.69 Å². The Hall–Kier alpha value is -2.84. The van der Waals surface area contributed by atoms with Crippen LogP contribution in [0.5, 0.6) is 5.75 Å². The topological polar surface area (TPSA) is 93.0 Å². The van der Waals surface area contributed by atoms with Gasteiger partial charge < -0.3 is 24.5 Å². The van der Waals surface area contributed by atoms with Crippen LogP contribution >= 0.6 is 0 Å². The van der Waals surface area contributed by atoms with E-state index in [9.17, 15) is 9.59 Å². The van der Waals surface area contributed by atoms with Gasteiger partial charge in [0.15, 0.2) is 6.61 Å². The minimum absolute atomic E-state index is 0.0391. The van der Waals surface area contributed by atoms with Gasteiger partial charge in [-0.15, -0.1) is 0 Å². The molecule has 2 aromatic rings. The lowest BCUT2D eigenvalue weighted by Crippen LogP contribution is -2.44.